The van der Waals surface area contributed by atoms with E-state index in [1.165, 1.54) is 0 Å². The first-order valence-electron chi connectivity index (χ1n) is 4.64. The lowest BCUT2D eigenvalue weighted by molar-refractivity contribution is 0.323. The van der Waals surface area contributed by atoms with E-state index >= 15 is 0 Å². The maximum absolute atomic E-state index is 13.2. The van der Waals surface area contributed by atoms with Crippen LogP contribution in [0.1, 0.15) is 19.3 Å². The van der Waals surface area contributed by atoms with Gasteiger partial charge < -0.3 is 5.32 Å². The van der Waals surface area contributed by atoms with E-state index in [1.54, 1.807) is 12.4 Å². The summed E-state index contributed by atoms with van der Waals surface area (Å²) in [5, 5.41) is 3.00. The predicted octanol–water partition coefficient (Wildman–Crippen LogP) is 2.54. The van der Waals surface area contributed by atoms with E-state index in [0.717, 1.165) is 17.3 Å². The molecule has 3 nitrogen and oxygen atoms in total. The van der Waals surface area contributed by atoms with Gasteiger partial charge in [0, 0.05) is 12.4 Å². The summed E-state index contributed by atoms with van der Waals surface area (Å²) in [6.45, 7) is 0. The highest BCUT2D eigenvalue weighted by Gasteiger charge is 2.27. The van der Waals surface area contributed by atoms with Crippen molar-refractivity contribution < 1.29 is 4.39 Å². The van der Waals surface area contributed by atoms with Crippen LogP contribution in [0.2, 0.25) is 0 Å². The topological polar surface area (TPSA) is 37.8 Å². The number of anilines is 1. The molecule has 0 amide bonds. The van der Waals surface area contributed by atoms with Gasteiger partial charge in [-0.1, -0.05) is 0 Å². The molecule has 14 heavy (non-hydrogen) atoms. The van der Waals surface area contributed by atoms with Crippen LogP contribution in [0.25, 0.3) is 0 Å². The van der Waals surface area contributed by atoms with Crippen molar-refractivity contribution >= 4 is 21.9 Å². The molecule has 1 aliphatic carbocycles. The first-order chi connectivity index (χ1) is 6.75. The first-order valence-corrected chi connectivity index (χ1v) is 5.43. The summed E-state index contributed by atoms with van der Waals surface area (Å²) in [4.78, 5) is 8.08. The highest BCUT2D eigenvalue weighted by Crippen LogP contribution is 2.24. The number of halogens is 2. The van der Waals surface area contributed by atoms with Crippen molar-refractivity contribution in [2.45, 2.75) is 31.5 Å². The molecular weight excluding hydrogens is 249 g/mol. The van der Waals surface area contributed by atoms with Crippen LogP contribution < -0.4 is 5.32 Å². The molecule has 1 aliphatic rings. The van der Waals surface area contributed by atoms with E-state index in [-0.39, 0.29) is 6.04 Å². The fourth-order valence-electron chi connectivity index (χ4n) is 1.63. The van der Waals surface area contributed by atoms with Crippen molar-refractivity contribution in [3.63, 3.8) is 0 Å². The molecule has 0 unspecified atom stereocenters. The van der Waals surface area contributed by atoms with E-state index in [2.05, 4.69) is 31.2 Å². The molecule has 2 atom stereocenters. The third kappa shape index (κ3) is 2.20. The summed E-state index contributed by atoms with van der Waals surface area (Å²) in [6.07, 6.45) is 4.99. The second-order valence-corrected chi connectivity index (χ2v) is 4.34. The van der Waals surface area contributed by atoms with Gasteiger partial charge in [0.1, 0.15) is 6.17 Å². The number of nitrogens with zero attached hydrogens (tertiary/aromatic N) is 2. The van der Waals surface area contributed by atoms with Crippen molar-refractivity contribution in [2.24, 2.45) is 0 Å². The maximum Gasteiger partial charge on any atom is 0.222 e. The molecule has 1 aromatic heterocycles. The van der Waals surface area contributed by atoms with Crippen LogP contribution in [0.4, 0.5) is 10.3 Å². The normalized spacial score (nSPS) is 26.4. The molecule has 76 valence electrons. The first kappa shape index (κ1) is 9.83. The van der Waals surface area contributed by atoms with Gasteiger partial charge in [0.2, 0.25) is 5.95 Å². The molecule has 0 aromatic carbocycles. The Morgan fingerprint density at radius 3 is 2.64 bits per heavy atom. The highest BCUT2D eigenvalue weighted by atomic mass is 79.9. The third-order valence-corrected chi connectivity index (χ3v) is 2.78. The molecular formula is C9H11BrFN3. The second kappa shape index (κ2) is 4.21. The number of hydrogen-bond acceptors (Lipinski definition) is 3. The average molecular weight is 260 g/mol. The average Bonchev–Trinajstić information content (AvgIpc) is 2.56. The standard InChI is InChI=1S/C9H11BrFN3/c10-6-4-12-9(13-5-6)14-8-3-1-2-7(8)11/h4-5,7-8H,1-3H2,(H,12,13,14)/t7-,8-/m1/s1. The van der Waals surface area contributed by atoms with E-state index in [9.17, 15) is 4.39 Å². The Kier molecular flexibility index (Phi) is 2.96. The van der Waals surface area contributed by atoms with Crippen molar-refractivity contribution in [1.82, 2.24) is 9.97 Å². The number of aromatic nitrogens is 2. The fourth-order valence-corrected chi connectivity index (χ4v) is 1.83. The summed E-state index contributed by atoms with van der Waals surface area (Å²) < 4.78 is 14.1. The van der Waals surface area contributed by atoms with Crippen molar-refractivity contribution in [1.29, 1.82) is 0 Å². The van der Waals surface area contributed by atoms with Crippen LogP contribution in [-0.4, -0.2) is 22.2 Å². The summed E-state index contributed by atoms with van der Waals surface area (Å²) in [5.41, 5.74) is 0. The molecule has 5 heteroatoms. The quantitative estimate of drug-likeness (QED) is 0.887. The molecule has 0 bridgehead atoms. The van der Waals surface area contributed by atoms with Crippen LogP contribution in [-0.2, 0) is 0 Å². The Morgan fingerprint density at radius 2 is 2.07 bits per heavy atom. The molecule has 2 rings (SSSR count). The Hall–Kier alpha value is -0.710. The SMILES string of the molecule is F[C@@H]1CCC[C@H]1Nc1ncc(Br)cn1. The van der Waals surface area contributed by atoms with Gasteiger partial charge in [-0.15, -0.1) is 0 Å². The Bertz CT molecular complexity index is 303. The zero-order chi connectivity index (χ0) is 9.97. The van der Waals surface area contributed by atoms with E-state index in [0.29, 0.717) is 12.4 Å². The molecule has 0 aliphatic heterocycles. The van der Waals surface area contributed by atoms with E-state index in [4.69, 9.17) is 0 Å². The molecule has 1 saturated carbocycles. The Labute approximate surface area is 90.3 Å². The summed E-state index contributed by atoms with van der Waals surface area (Å²) in [7, 11) is 0. The van der Waals surface area contributed by atoms with Gasteiger partial charge in [-0.2, -0.15) is 0 Å². The number of hydrogen-bond donors (Lipinski definition) is 1. The minimum atomic E-state index is -0.762. The molecule has 1 N–H and O–H groups in total. The van der Waals surface area contributed by atoms with Crippen LogP contribution in [0, 0.1) is 0 Å². The lowest BCUT2D eigenvalue weighted by Crippen LogP contribution is -2.25. The highest BCUT2D eigenvalue weighted by molar-refractivity contribution is 9.10. The summed E-state index contributed by atoms with van der Waals surface area (Å²) in [5.74, 6) is 0.503. The molecule has 1 aromatic rings. The lowest BCUT2D eigenvalue weighted by atomic mass is 10.2. The van der Waals surface area contributed by atoms with Gasteiger partial charge in [0.05, 0.1) is 10.5 Å². The van der Waals surface area contributed by atoms with Gasteiger partial charge in [-0.05, 0) is 35.2 Å². The zero-order valence-corrected chi connectivity index (χ0v) is 9.17. The van der Waals surface area contributed by atoms with Gasteiger partial charge in [-0.25, -0.2) is 14.4 Å². The van der Waals surface area contributed by atoms with Crippen LogP contribution >= 0.6 is 15.9 Å². The van der Waals surface area contributed by atoms with Gasteiger partial charge in [-0.3, -0.25) is 0 Å². The third-order valence-electron chi connectivity index (χ3n) is 2.37. The summed E-state index contributed by atoms with van der Waals surface area (Å²) in [6, 6.07) is -0.115. The Balaban J connectivity index is 2.00. The minimum Gasteiger partial charge on any atom is -0.349 e. The molecule has 0 radical (unpaired) electrons. The molecule has 0 spiro atoms. The number of nitrogens with one attached hydrogen (secondary N) is 1. The van der Waals surface area contributed by atoms with E-state index in [1.807, 2.05) is 0 Å². The van der Waals surface area contributed by atoms with Crippen LogP contribution in [0.3, 0.4) is 0 Å². The van der Waals surface area contributed by atoms with Gasteiger partial charge in [0.15, 0.2) is 0 Å². The monoisotopic (exact) mass is 259 g/mol. The Morgan fingerprint density at radius 1 is 1.36 bits per heavy atom. The van der Waals surface area contributed by atoms with Gasteiger partial charge in [0.25, 0.3) is 0 Å². The van der Waals surface area contributed by atoms with Crippen molar-refractivity contribution in [3.8, 4) is 0 Å². The largest absolute Gasteiger partial charge is 0.349 e. The number of rotatable bonds is 2. The molecule has 0 saturated heterocycles. The maximum atomic E-state index is 13.2. The smallest absolute Gasteiger partial charge is 0.222 e. The van der Waals surface area contributed by atoms with Crippen LogP contribution in [0.5, 0.6) is 0 Å². The predicted molar refractivity (Wildman–Crippen MR) is 55.9 cm³/mol. The lowest BCUT2D eigenvalue weighted by Gasteiger charge is -2.14. The van der Waals surface area contributed by atoms with Gasteiger partial charge >= 0.3 is 0 Å². The second-order valence-electron chi connectivity index (χ2n) is 3.42. The molecule has 1 fully saturated rings. The zero-order valence-electron chi connectivity index (χ0n) is 7.58. The van der Waals surface area contributed by atoms with E-state index < -0.39 is 6.17 Å². The fraction of sp³-hybridized carbons (Fsp3) is 0.556. The summed E-state index contributed by atoms with van der Waals surface area (Å²) >= 11 is 3.24. The van der Waals surface area contributed by atoms with Crippen LogP contribution in [0.15, 0.2) is 16.9 Å². The van der Waals surface area contributed by atoms with Crippen molar-refractivity contribution in [2.75, 3.05) is 5.32 Å². The minimum absolute atomic E-state index is 0.115. The van der Waals surface area contributed by atoms with Crippen molar-refractivity contribution in [3.05, 3.63) is 16.9 Å². The molecule has 1 heterocycles. The number of alkyl halides is 1.